The lowest BCUT2D eigenvalue weighted by Gasteiger charge is -2.22. The number of halogens is 1. The van der Waals surface area contributed by atoms with Gasteiger partial charge in [-0.2, -0.15) is 0 Å². The van der Waals surface area contributed by atoms with E-state index in [-0.39, 0.29) is 22.8 Å². The average Bonchev–Trinajstić information content (AvgIpc) is 2.48. The van der Waals surface area contributed by atoms with Gasteiger partial charge in [-0.15, -0.1) is 0 Å². The van der Waals surface area contributed by atoms with E-state index in [0.717, 1.165) is 18.2 Å². The van der Waals surface area contributed by atoms with Crippen LogP contribution >= 0.6 is 0 Å². The Labute approximate surface area is 132 Å². The standard InChI is InChI=1S/C14H14FN3O4S/c1-17(9-10-4-2-3-5-12(10)15)13-8-11(18(19)20)6-7-14(13)23(16,21)22/h2-8H,9H2,1H3,(H2,16,21,22). The van der Waals surface area contributed by atoms with Gasteiger partial charge in [-0.3, -0.25) is 10.1 Å². The number of rotatable bonds is 5. The summed E-state index contributed by atoms with van der Waals surface area (Å²) >= 11 is 0. The molecule has 9 heteroatoms. The molecule has 0 aliphatic carbocycles. The summed E-state index contributed by atoms with van der Waals surface area (Å²) in [5.74, 6) is -0.457. The van der Waals surface area contributed by atoms with Crippen molar-refractivity contribution in [3.8, 4) is 0 Å². The highest BCUT2D eigenvalue weighted by Gasteiger charge is 2.21. The third-order valence-electron chi connectivity index (χ3n) is 3.24. The van der Waals surface area contributed by atoms with Gasteiger partial charge in [0, 0.05) is 31.3 Å². The Bertz CT molecular complexity index is 855. The number of hydrogen-bond acceptors (Lipinski definition) is 5. The summed E-state index contributed by atoms with van der Waals surface area (Å²) in [4.78, 5) is 11.4. The summed E-state index contributed by atoms with van der Waals surface area (Å²) in [6, 6.07) is 9.21. The highest BCUT2D eigenvalue weighted by molar-refractivity contribution is 7.89. The van der Waals surface area contributed by atoms with Crippen LogP contribution in [0.4, 0.5) is 15.8 Å². The zero-order valence-corrected chi connectivity index (χ0v) is 13.0. The predicted molar refractivity (Wildman–Crippen MR) is 83.0 cm³/mol. The predicted octanol–water partition coefficient (Wildman–Crippen LogP) is 2.02. The molecule has 2 rings (SSSR count). The maximum Gasteiger partial charge on any atom is 0.271 e. The summed E-state index contributed by atoms with van der Waals surface area (Å²) in [6.45, 7) is 0.0242. The molecule has 0 amide bonds. The molecule has 0 heterocycles. The summed E-state index contributed by atoms with van der Waals surface area (Å²) in [6.07, 6.45) is 0. The van der Waals surface area contributed by atoms with Crippen LogP contribution in [0.1, 0.15) is 5.56 Å². The molecule has 0 bridgehead atoms. The van der Waals surface area contributed by atoms with Crippen molar-refractivity contribution in [1.29, 1.82) is 0 Å². The summed E-state index contributed by atoms with van der Waals surface area (Å²) in [5, 5.41) is 16.0. The van der Waals surface area contributed by atoms with E-state index < -0.39 is 20.8 Å². The molecule has 0 unspecified atom stereocenters. The normalized spacial score (nSPS) is 11.3. The molecule has 2 N–H and O–H groups in total. The van der Waals surface area contributed by atoms with Gasteiger partial charge in [-0.05, 0) is 12.1 Å². The highest BCUT2D eigenvalue weighted by atomic mass is 32.2. The lowest BCUT2D eigenvalue weighted by molar-refractivity contribution is -0.384. The topological polar surface area (TPSA) is 107 Å². The van der Waals surface area contributed by atoms with Gasteiger partial charge < -0.3 is 4.90 Å². The van der Waals surface area contributed by atoms with Gasteiger partial charge in [-0.25, -0.2) is 17.9 Å². The van der Waals surface area contributed by atoms with E-state index in [0.29, 0.717) is 5.56 Å². The van der Waals surface area contributed by atoms with Crippen LogP contribution in [0.3, 0.4) is 0 Å². The lowest BCUT2D eigenvalue weighted by Crippen LogP contribution is -2.22. The highest BCUT2D eigenvalue weighted by Crippen LogP contribution is 2.29. The molecule has 0 spiro atoms. The van der Waals surface area contributed by atoms with Crippen LogP contribution < -0.4 is 10.0 Å². The van der Waals surface area contributed by atoms with Crippen molar-refractivity contribution < 1.29 is 17.7 Å². The van der Waals surface area contributed by atoms with Gasteiger partial charge in [0.25, 0.3) is 5.69 Å². The fourth-order valence-electron chi connectivity index (χ4n) is 2.13. The molecule has 0 fully saturated rings. The first-order chi connectivity index (χ1) is 10.7. The van der Waals surface area contributed by atoms with Crippen molar-refractivity contribution in [3.63, 3.8) is 0 Å². The maximum absolute atomic E-state index is 13.7. The van der Waals surface area contributed by atoms with Crippen LogP contribution in [0.2, 0.25) is 0 Å². The van der Waals surface area contributed by atoms with E-state index in [1.807, 2.05) is 0 Å². The van der Waals surface area contributed by atoms with Gasteiger partial charge in [-0.1, -0.05) is 18.2 Å². The SMILES string of the molecule is CN(Cc1ccccc1F)c1cc([N+](=O)[O-])ccc1S(N)(=O)=O. The molecule has 122 valence electrons. The van der Waals surface area contributed by atoms with Crippen molar-refractivity contribution in [3.05, 3.63) is 64.0 Å². The Hall–Kier alpha value is -2.52. The monoisotopic (exact) mass is 339 g/mol. The minimum absolute atomic E-state index is 0.0242. The van der Waals surface area contributed by atoms with Crippen molar-refractivity contribution >= 4 is 21.4 Å². The van der Waals surface area contributed by atoms with Crippen molar-refractivity contribution in [2.75, 3.05) is 11.9 Å². The molecular formula is C14H14FN3O4S. The number of benzene rings is 2. The van der Waals surface area contributed by atoms with E-state index in [1.165, 1.54) is 24.1 Å². The number of non-ortho nitro benzene ring substituents is 1. The van der Waals surface area contributed by atoms with Crippen LogP contribution in [-0.4, -0.2) is 20.4 Å². The van der Waals surface area contributed by atoms with Crippen molar-refractivity contribution in [2.45, 2.75) is 11.4 Å². The number of nitro groups is 1. The molecule has 23 heavy (non-hydrogen) atoms. The Morgan fingerprint density at radius 2 is 1.91 bits per heavy atom. The number of nitrogens with two attached hydrogens (primary N) is 1. The largest absolute Gasteiger partial charge is 0.369 e. The van der Waals surface area contributed by atoms with Crippen LogP contribution in [0.15, 0.2) is 47.4 Å². The van der Waals surface area contributed by atoms with Crippen molar-refractivity contribution in [2.24, 2.45) is 5.14 Å². The first kappa shape index (κ1) is 16.8. The molecule has 2 aromatic carbocycles. The molecule has 2 aromatic rings. The van der Waals surface area contributed by atoms with Crippen LogP contribution in [-0.2, 0) is 16.6 Å². The Balaban J connectivity index is 2.49. The second-order valence-corrected chi connectivity index (χ2v) is 6.43. The van der Waals surface area contributed by atoms with Gasteiger partial charge in [0.1, 0.15) is 10.7 Å². The minimum atomic E-state index is -4.08. The molecule has 0 aliphatic rings. The molecule has 7 nitrogen and oxygen atoms in total. The Morgan fingerprint density at radius 3 is 2.48 bits per heavy atom. The van der Waals surface area contributed by atoms with E-state index >= 15 is 0 Å². The number of nitrogens with zero attached hydrogens (tertiary/aromatic N) is 2. The number of hydrogen-bond donors (Lipinski definition) is 1. The quantitative estimate of drug-likeness (QED) is 0.662. The van der Waals surface area contributed by atoms with E-state index in [4.69, 9.17) is 5.14 Å². The molecule has 0 aliphatic heterocycles. The number of anilines is 1. The second kappa shape index (κ2) is 6.31. The van der Waals surface area contributed by atoms with E-state index in [1.54, 1.807) is 12.1 Å². The molecule has 0 radical (unpaired) electrons. The third kappa shape index (κ3) is 3.82. The molecule has 0 saturated heterocycles. The number of primary sulfonamides is 1. The van der Waals surface area contributed by atoms with Gasteiger partial charge in [0.2, 0.25) is 10.0 Å². The number of nitro benzene ring substituents is 1. The van der Waals surface area contributed by atoms with Gasteiger partial charge >= 0.3 is 0 Å². The van der Waals surface area contributed by atoms with Crippen LogP contribution in [0.5, 0.6) is 0 Å². The van der Waals surface area contributed by atoms with Crippen LogP contribution in [0.25, 0.3) is 0 Å². The molecule has 0 atom stereocenters. The summed E-state index contributed by atoms with van der Waals surface area (Å²) in [7, 11) is -2.58. The van der Waals surface area contributed by atoms with Crippen molar-refractivity contribution in [1.82, 2.24) is 0 Å². The van der Waals surface area contributed by atoms with Gasteiger partial charge in [0.15, 0.2) is 0 Å². The molecule has 0 aromatic heterocycles. The molecular weight excluding hydrogens is 325 g/mol. The first-order valence-electron chi connectivity index (χ1n) is 6.46. The fraction of sp³-hybridized carbons (Fsp3) is 0.143. The summed E-state index contributed by atoms with van der Waals surface area (Å²) in [5.41, 5.74) is 0.0691. The molecule has 0 saturated carbocycles. The average molecular weight is 339 g/mol. The zero-order chi connectivity index (χ0) is 17.2. The Kier molecular flexibility index (Phi) is 4.62. The minimum Gasteiger partial charge on any atom is -0.369 e. The smallest absolute Gasteiger partial charge is 0.271 e. The maximum atomic E-state index is 13.7. The van der Waals surface area contributed by atoms with E-state index in [9.17, 15) is 22.9 Å². The van der Waals surface area contributed by atoms with Gasteiger partial charge in [0.05, 0.1) is 10.6 Å². The Morgan fingerprint density at radius 1 is 1.26 bits per heavy atom. The van der Waals surface area contributed by atoms with E-state index in [2.05, 4.69) is 0 Å². The zero-order valence-electron chi connectivity index (χ0n) is 12.1. The third-order valence-corrected chi connectivity index (χ3v) is 4.19. The number of sulfonamides is 1. The van der Waals surface area contributed by atoms with Crippen LogP contribution in [0, 0.1) is 15.9 Å². The fourth-order valence-corrected chi connectivity index (χ4v) is 2.89. The lowest BCUT2D eigenvalue weighted by atomic mass is 10.2. The second-order valence-electron chi connectivity index (χ2n) is 4.90. The first-order valence-corrected chi connectivity index (χ1v) is 8.00. The summed E-state index contributed by atoms with van der Waals surface area (Å²) < 4.78 is 37.1.